The summed E-state index contributed by atoms with van der Waals surface area (Å²) in [5.41, 5.74) is 0.442. The average Bonchev–Trinajstić information content (AvgIpc) is 3.04. The SMILES string of the molecule is COc1ccc2c(c1)OC(C)(C)CN(C(=O)NCc1nnc(C(C)C)s1)C2. The van der Waals surface area contributed by atoms with Crippen LogP contribution in [-0.4, -0.2) is 40.4 Å². The Kier molecular flexibility index (Phi) is 5.55. The van der Waals surface area contributed by atoms with Gasteiger partial charge in [0.25, 0.3) is 0 Å². The molecule has 0 atom stereocenters. The summed E-state index contributed by atoms with van der Waals surface area (Å²) in [6.07, 6.45) is 0. The highest BCUT2D eigenvalue weighted by molar-refractivity contribution is 7.11. The molecule has 0 saturated carbocycles. The minimum atomic E-state index is -0.511. The van der Waals surface area contributed by atoms with Gasteiger partial charge in [0.1, 0.15) is 27.1 Å². The first-order valence-corrected chi connectivity index (χ1v) is 9.80. The van der Waals surface area contributed by atoms with Crippen molar-refractivity contribution in [3.63, 3.8) is 0 Å². The number of aromatic nitrogens is 2. The molecule has 2 amide bonds. The number of carbonyl (C=O) groups is 1. The van der Waals surface area contributed by atoms with Gasteiger partial charge in [-0.05, 0) is 26.0 Å². The Morgan fingerprint density at radius 2 is 2.19 bits per heavy atom. The number of nitrogens with zero attached hydrogens (tertiary/aromatic N) is 3. The molecule has 8 heteroatoms. The highest BCUT2D eigenvalue weighted by Gasteiger charge is 2.31. The van der Waals surface area contributed by atoms with Crippen LogP contribution in [0.4, 0.5) is 4.79 Å². The third-order valence-corrected chi connectivity index (χ3v) is 5.47. The highest BCUT2D eigenvalue weighted by Crippen LogP contribution is 2.32. The van der Waals surface area contributed by atoms with Gasteiger partial charge in [0.15, 0.2) is 0 Å². The van der Waals surface area contributed by atoms with Gasteiger partial charge in [-0.2, -0.15) is 0 Å². The fourth-order valence-electron chi connectivity index (χ4n) is 2.92. The Balaban J connectivity index is 1.71. The maximum Gasteiger partial charge on any atom is 0.318 e. The van der Waals surface area contributed by atoms with Crippen molar-refractivity contribution in [2.75, 3.05) is 13.7 Å². The monoisotopic (exact) mass is 390 g/mol. The summed E-state index contributed by atoms with van der Waals surface area (Å²) in [6, 6.07) is 5.55. The third-order valence-electron chi connectivity index (χ3n) is 4.25. The van der Waals surface area contributed by atoms with E-state index < -0.39 is 5.60 Å². The Labute approximate surface area is 163 Å². The Morgan fingerprint density at radius 3 is 2.85 bits per heavy atom. The van der Waals surface area contributed by atoms with Gasteiger partial charge in [-0.25, -0.2) is 4.79 Å². The minimum Gasteiger partial charge on any atom is -0.497 e. The fraction of sp³-hybridized carbons (Fsp3) is 0.526. The molecule has 2 aromatic rings. The Bertz CT molecular complexity index is 819. The van der Waals surface area contributed by atoms with E-state index in [1.165, 1.54) is 11.3 Å². The van der Waals surface area contributed by atoms with E-state index in [0.29, 0.717) is 25.6 Å². The van der Waals surface area contributed by atoms with E-state index in [4.69, 9.17) is 9.47 Å². The van der Waals surface area contributed by atoms with Gasteiger partial charge >= 0.3 is 6.03 Å². The Hall–Kier alpha value is -2.35. The third kappa shape index (κ3) is 4.68. The number of hydrogen-bond donors (Lipinski definition) is 1. The molecule has 27 heavy (non-hydrogen) atoms. The van der Waals surface area contributed by atoms with Crippen LogP contribution >= 0.6 is 11.3 Å². The number of fused-ring (bicyclic) bond motifs is 1. The van der Waals surface area contributed by atoms with Crippen molar-refractivity contribution < 1.29 is 14.3 Å². The molecule has 7 nitrogen and oxygen atoms in total. The molecule has 0 radical (unpaired) electrons. The van der Waals surface area contributed by atoms with Gasteiger partial charge in [0.05, 0.1) is 26.7 Å². The molecular weight excluding hydrogens is 364 g/mol. The zero-order valence-corrected chi connectivity index (χ0v) is 17.2. The number of methoxy groups -OCH3 is 1. The predicted octanol–water partition coefficient (Wildman–Crippen LogP) is 3.55. The van der Waals surface area contributed by atoms with E-state index in [2.05, 4.69) is 29.4 Å². The zero-order valence-electron chi connectivity index (χ0n) is 16.4. The predicted molar refractivity (Wildman–Crippen MR) is 104 cm³/mol. The first-order valence-electron chi connectivity index (χ1n) is 8.98. The molecule has 1 aliphatic rings. The summed E-state index contributed by atoms with van der Waals surface area (Å²) in [5, 5.41) is 13.1. The second-order valence-electron chi connectivity index (χ2n) is 7.54. The summed E-state index contributed by atoms with van der Waals surface area (Å²) >= 11 is 1.53. The lowest BCUT2D eigenvalue weighted by Crippen LogP contribution is -2.46. The first-order chi connectivity index (χ1) is 12.8. The van der Waals surface area contributed by atoms with Crippen LogP contribution in [0.5, 0.6) is 11.5 Å². The lowest BCUT2D eigenvalue weighted by atomic mass is 10.1. The average molecular weight is 391 g/mol. The minimum absolute atomic E-state index is 0.142. The quantitative estimate of drug-likeness (QED) is 0.864. The molecule has 0 unspecified atom stereocenters. The lowest BCUT2D eigenvalue weighted by Gasteiger charge is -2.29. The van der Waals surface area contributed by atoms with Crippen molar-refractivity contribution in [3.05, 3.63) is 33.8 Å². The summed E-state index contributed by atoms with van der Waals surface area (Å²) in [6.45, 7) is 9.42. The molecule has 0 bridgehead atoms. The number of rotatable bonds is 4. The molecule has 1 aromatic heterocycles. The van der Waals surface area contributed by atoms with E-state index >= 15 is 0 Å². The van der Waals surface area contributed by atoms with Gasteiger partial charge in [0.2, 0.25) is 0 Å². The van der Waals surface area contributed by atoms with Crippen LogP contribution in [0, 0.1) is 0 Å². The molecule has 0 aliphatic carbocycles. The summed E-state index contributed by atoms with van der Waals surface area (Å²) in [5.74, 6) is 1.82. The molecular formula is C19H26N4O3S. The van der Waals surface area contributed by atoms with Crippen LogP contribution in [0.1, 0.15) is 49.2 Å². The molecule has 146 valence electrons. The van der Waals surface area contributed by atoms with E-state index in [9.17, 15) is 4.79 Å². The van der Waals surface area contributed by atoms with E-state index in [-0.39, 0.29) is 6.03 Å². The van der Waals surface area contributed by atoms with Crippen LogP contribution in [-0.2, 0) is 13.1 Å². The Morgan fingerprint density at radius 1 is 1.41 bits per heavy atom. The molecule has 1 aromatic carbocycles. The number of carbonyl (C=O) groups excluding carboxylic acids is 1. The highest BCUT2D eigenvalue weighted by atomic mass is 32.1. The molecule has 2 heterocycles. The molecule has 1 N–H and O–H groups in total. The van der Waals surface area contributed by atoms with Gasteiger partial charge in [-0.3, -0.25) is 0 Å². The lowest BCUT2D eigenvalue weighted by molar-refractivity contribution is 0.0805. The smallest absolute Gasteiger partial charge is 0.318 e. The van der Waals surface area contributed by atoms with Gasteiger partial charge < -0.3 is 19.7 Å². The number of benzene rings is 1. The van der Waals surface area contributed by atoms with Gasteiger partial charge in [-0.15, -0.1) is 10.2 Å². The second kappa shape index (κ2) is 7.72. The van der Waals surface area contributed by atoms with Crippen molar-refractivity contribution in [2.24, 2.45) is 0 Å². The number of amides is 2. The molecule has 3 rings (SSSR count). The maximum absolute atomic E-state index is 12.8. The van der Waals surface area contributed by atoms with Crippen LogP contribution in [0.15, 0.2) is 18.2 Å². The first kappa shape index (κ1) is 19.4. The topological polar surface area (TPSA) is 76.6 Å². The molecule has 1 aliphatic heterocycles. The summed E-state index contributed by atoms with van der Waals surface area (Å²) < 4.78 is 11.4. The van der Waals surface area contributed by atoms with Gasteiger partial charge in [0, 0.05) is 17.5 Å². The summed E-state index contributed by atoms with van der Waals surface area (Å²) in [4.78, 5) is 14.5. The molecule has 0 spiro atoms. The molecule has 0 fully saturated rings. The second-order valence-corrected chi connectivity index (χ2v) is 8.63. The van der Waals surface area contributed by atoms with Crippen LogP contribution < -0.4 is 14.8 Å². The van der Waals surface area contributed by atoms with Crippen LogP contribution in [0.3, 0.4) is 0 Å². The number of urea groups is 1. The number of nitrogens with one attached hydrogen (secondary N) is 1. The fourth-order valence-corrected chi connectivity index (χ4v) is 3.70. The van der Waals surface area contributed by atoms with Crippen molar-refractivity contribution >= 4 is 17.4 Å². The van der Waals surface area contributed by atoms with Crippen molar-refractivity contribution in [1.29, 1.82) is 0 Å². The van der Waals surface area contributed by atoms with Crippen LogP contribution in [0.2, 0.25) is 0 Å². The van der Waals surface area contributed by atoms with E-state index in [1.807, 2.05) is 32.0 Å². The van der Waals surface area contributed by atoms with Crippen molar-refractivity contribution in [2.45, 2.75) is 52.3 Å². The number of ether oxygens (including phenoxy) is 2. The van der Waals surface area contributed by atoms with Crippen LogP contribution in [0.25, 0.3) is 0 Å². The van der Waals surface area contributed by atoms with E-state index in [0.717, 1.165) is 27.1 Å². The van der Waals surface area contributed by atoms with Gasteiger partial charge in [-0.1, -0.05) is 25.2 Å². The zero-order chi connectivity index (χ0) is 19.6. The standard InChI is InChI=1S/C19H26N4O3S/c1-12(2)17-22-21-16(27-17)9-20-18(24)23-10-13-6-7-14(25-5)8-15(13)26-19(3,4)11-23/h6-8,12H,9-11H2,1-5H3,(H,20,24). The van der Waals surface area contributed by atoms with Crippen molar-refractivity contribution in [1.82, 2.24) is 20.4 Å². The normalized spacial score (nSPS) is 15.7. The maximum atomic E-state index is 12.8. The number of hydrogen-bond acceptors (Lipinski definition) is 6. The van der Waals surface area contributed by atoms with E-state index in [1.54, 1.807) is 12.0 Å². The van der Waals surface area contributed by atoms with Crippen molar-refractivity contribution in [3.8, 4) is 11.5 Å². The largest absolute Gasteiger partial charge is 0.497 e. The molecule has 0 saturated heterocycles. The summed E-state index contributed by atoms with van der Waals surface area (Å²) in [7, 11) is 1.63.